The maximum Gasteiger partial charge on any atom is 0.239 e. The van der Waals surface area contributed by atoms with Crippen molar-refractivity contribution in [3.05, 3.63) is 30.5 Å². The second-order valence-corrected chi connectivity index (χ2v) is 7.38. The molecule has 1 aromatic carbocycles. The highest BCUT2D eigenvalue weighted by Crippen LogP contribution is 2.38. The summed E-state index contributed by atoms with van der Waals surface area (Å²) in [5, 5.41) is 6.69. The molecule has 1 aromatic heterocycles. The molecule has 4 N–H and O–H groups in total. The largest absolute Gasteiger partial charge is 0.358 e. The van der Waals surface area contributed by atoms with E-state index in [2.05, 4.69) is 10.6 Å². The van der Waals surface area contributed by atoms with Crippen LogP contribution in [0.2, 0.25) is 0 Å². The van der Waals surface area contributed by atoms with Gasteiger partial charge < -0.3 is 20.9 Å². The number of nitrogens with one attached hydrogen (secondary N) is 2. The van der Waals surface area contributed by atoms with Crippen LogP contribution in [0.5, 0.6) is 0 Å². The summed E-state index contributed by atoms with van der Waals surface area (Å²) in [6, 6.07) is 7.76. The molecule has 1 aliphatic carbocycles. The summed E-state index contributed by atoms with van der Waals surface area (Å²) in [7, 11) is 1.62. The fraction of sp³-hybridized carbons (Fsp3) is 0.500. The van der Waals surface area contributed by atoms with Crippen molar-refractivity contribution in [3.8, 4) is 0 Å². The molecule has 0 saturated heterocycles. The van der Waals surface area contributed by atoms with Crippen molar-refractivity contribution in [3.63, 3.8) is 0 Å². The molecule has 0 spiro atoms. The third-order valence-electron chi connectivity index (χ3n) is 5.53. The fourth-order valence-electron chi connectivity index (χ4n) is 3.93. The van der Waals surface area contributed by atoms with Gasteiger partial charge in [-0.15, -0.1) is 12.4 Å². The molecule has 1 heterocycles. The number of carbonyl (C=O) groups excluding carboxylic acids is 2. The molecule has 0 unspecified atom stereocenters. The molecule has 0 radical (unpaired) electrons. The van der Waals surface area contributed by atoms with Crippen LogP contribution in [0.1, 0.15) is 38.5 Å². The van der Waals surface area contributed by atoms with E-state index in [1.165, 1.54) is 6.42 Å². The van der Waals surface area contributed by atoms with Crippen LogP contribution in [-0.4, -0.2) is 30.0 Å². The standard InChI is InChI=1S/C20H28N4O2.ClH/c1-22-19(26)13-24-10-7-15-5-6-16(11-17(15)24)23-18(25)12-20(14-21)8-3-2-4-9-20;/h5-7,10-11H,2-4,8-9,12-14,21H2,1H3,(H,22,26)(H,23,25);1H. The minimum Gasteiger partial charge on any atom is -0.358 e. The number of carbonyl (C=O) groups is 2. The van der Waals surface area contributed by atoms with Gasteiger partial charge in [-0.2, -0.15) is 0 Å². The molecule has 0 bridgehead atoms. The number of benzene rings is 1. The first-order valence-corrected chi connectivity index (χ1v) is 9.35. The predicted octanol–water partition coefficient (Wildman–Crippen LogP) is 3.05. The van der Waals surface area contributed by atoms with E-state index in [1.54, 1.807) is 7.05 Å². The number of nitrogens with zero attached hydrogens (tertiary/aromatic N) is 1. The van der Waals surface area contributed by atoms with Crippen LogP contribution >= 0.6 is 12.4 Å². The van der Waals surface area contributed by atoms with E-state index in [-0.39, 0.29) is 36.2 Å². The number of aromatic nitrogens is 1. The van der Waals surface area contributed by atoms with Gasteiger partial charge in [-0.05, 0) is 48.4 Å². The van der Waals surface area contributed by atoms with E-state index in [0.717, 1.165) is 42.3 Å². The number of amides is 2. The Bertz CT molecular complexity index is 796. The summed E-state index contributed by atoms with van der Waals surface area (Å²) in [5.74, 6) is -0.0415. The summed E-state index contributed by atoms with van der Waals surface area (Å²) in [4.78, 5) is 24.3. The number of fused-ring (bicyclic) bond motifs is 1. The van der Waals surface area contributed by atoms with Gasteiger partial charge in [-0.25, -0.2) is 0 Å². The average Bonchev–Trinajstić information content (AvgIpc) is 3.04. The third kappa shape index (κ3) is 5.02. The Morgan fingerprint density at radius 2 is 1.89 bits per heavy atom. The Morgan fingerprint density at radius 1 is 1.15 bits per heavy atom. The lowest BCUT2D eigenvalue weighted by Gasteiger charge is -2.35. The molecule has 7 heteroatoms. The number of rotatable bonds is 6. The first kappa shape index (κ1) is 21.3. The van der Waals surface area contributed by atoms with Gasteiger partial charge in [0.2, 0.25) is 11.8 Å². The topological polar surface area (TPSA) is 89.2 Å². The summed E-state index contributed by atoms with van der Waals surface area (Å²) < 4.78 is 1.88. The molecule has 0 aliphatic heterocycles. The number of hydrogen-bond donors (Lipinski definition) is 3. The number of hydrogen-bond acceptors (Lipinski definition) is 3. The van der Waals surface area contributed by atoms with Crippen LogP contribution in [0.3, 0.4) is 0 Å². The van der Waals surface area contributed by atoms with Gasteiger partial charge >= 0.3 is 0 Å². The van der Waals surface area contributed by atoms with Gasteiger partial charge in [0, 0.05) is 25.4 Å². The molecule has 6 nitrogen and oxygen atoms in total. The maximum absolute atomic E-state index is 12.6. The highest BCUT2D eigenvalue weighted by molar-refractivity contribution is 5.94. The van der Waals surface area contributed by atoms with Crippen molar-refractivity contribution in [2.24, 2.45) is 11.1 Å². The maximum atomic E-state index is 12.6. The molecule has 148 valence electrons. The molecule has 2 aromatic rings. The monoisotopic (exact) mass is 392 g/mol. The zero-order valence-electron chi connectivity index (χ0n) is 15.8. The second-order valence-electron chi connectivity index (χ2n) is 7.38. The van der Waals surface area contributed by atoms with Crippen molar-refractivity contribution in [2.45, 2.75) is 45.1 Å². The summed E-state index contributed by atoms with van der Waals surface area (Å²) in [5.41, 5.74) is 7.63. The average molecular weight is 393 g/mol. The SMILES string of the molecule is CNC(=O)Cn1ccc2ccc(NC(=O)CC3(CN)CCCCC3)cc21.Cl. The Hall–Kier alpha value is -2.05. The van der Waals surface area contributed by atoms with E-state index in [0.29, 0.717) is 13.0 Å². The Morgan fingerprint density at radius 3 is 2.56 bits per heavy atom. The second kappa shape index (κ2) is 9.24. The first-order chi connectivity index (χ1) is 12.5. The number of anilines is 1. The van der Waals surface area contributed by atoms with E-state index in [4.69, 9.17) is 5.73 Å². The van der Waals surface area contributed by atoms with Crippen LogP contribution in [-0.2, 0) is 16.1 Å². The van der Waals surface area contributed by atoms with Gasteiger partial charge in [0.05, 0.1) is 5.52 Å². The minimum atomic E-state index is -0.0564. The number of halogens is 1. The Labute approximate surface area is 166 Å². The van der Waals surface area contributed by atoms with Gasteiger partial charge in [0.1, 0.15) is 6.54 Å². The number of nitrogens with two attached hydrogens (primary N) is 1. The molecule has 2 amide bonds. The summed E-state index contributed by atoms with van der Waals surface area (Å²) in [6.07, 6.45) is 7.98. The minimum absolute atomic E-state index is 0. The zero-order chi connectivity index (χ0) is 18.6. The van der Waals surface area contributed by atoms with E-state index >= 15 is 0 Å². The molecule has 1 saturated carbocycles. The lowest BCUT2D eigenvalue weighted by atomic mass is 9.71. The molecular formula is C20H29ClN4O2. The normalized spacial score (nSPS) is 15.8. The number of likely N-dealkylation sites (N-methyl/N-ethyl adjacent to an activating group) is 1. The molecule has 27 heavy (non-hydrogen) atoms. The van der Waals surface area contributed by atoms with Crippen molar-refractivity contribution in [1.82, 2.24) is 9.88 Å². The van der Waals surface area contributed by atoms with Gasteiger partial charge in [-0.1, -0.05) is 25.3 Å². The van der Waals surface area contributed by atoms with Crippen LogP contribution < -0.4 is 16.4 Å². The highest BCUT2D eigenvalue weighted by Gasteiger charge is 2.32. The van der Waals surface area contributed by atoms with Crippen molar-refractivity contribution < 1.29 is 9.59 Å². The van der Waals surface area contributed by atoms with Crippen molar-refractivity contribution in [2.75, 3.05) is 18.9 Å². The van der Waals surface area contributed by atoms with Gasteiger partial charge in [-0.3, -0.25) is 9.59 Å². The Balaban J connectivity index is 0.00000261. The van der Waals surface area contributed by atoms with E-state index in [1.807, 2.05) is 35.0 Å². The summed E-state index contributed by atoms with van der Waals surface area (Å²) >= 11 is 0. The van der Waals surface area contributed by atoms with E-state index in [9.17, 15) is 9.59 Å². The molecule has 3 rings (SSSR count). The highest BCUT2D eigenvalue weighted by atomic mass is 35.5. The van der Waals surface area contributed by atoms with Crippen LogP contribution in [0.4, 0.5) is 5.69 Å². The van der Waals surface area contributed by atoms with Crippen LogP contribution in [0.25, 0.3) is 10.9 Å². The van der Waals surface area contributed by atoms with Crippen molar-refractivity contribution in [1.29, 1.82) is 0 Å². The third-order valence-corrected chi connectivity index (χ3v) is 5.53. The smallest absolute Gasteiger partial charge is 0.239 e. The van der Waals surface area contributed by atoms with Crippen LogP contribution in [0.15, 0.2) is 30.5 Å². The molecular weight excluding hydrogens is 364 g/mol. The van der Waals surface area contributed by atoms with Crippen molar-refractivity contribution >= 4 is 40.8 Å². The van der Waals surface area contributed by atoms with E-state index < -0.39 is 0 Å². The quantitative estimate of drug-likeness (QED) is 0.705. The first-order valence-electron chi connectivity index (χ1n) is 9.35. The Kier molecular flexibility index (Phi) is 7.27. The lowest BCUT2D eigenvalue weighted by molar-refractivity contribution is -0.121. The molecule has 1 aliphatic rings. The van der Waals surface area contributed by atoms with Crippen LogP contribution in [0, 0.1) is 5.41 Å². The lowest BCUT2D eigenvalue weighted by Crippen LogP contribution is -2.36. The molecule has 0 atom stereocenters. The van der Waals surface area contributed by atoms with Gasteiger partial charge in [0.25, 0.3) is 0 Å². The molecule has 1 fully saturated rings. The zero-order valence-corrected chi connectivity index (χ0v) is 16.6. The summed E-state index contributed by atoms with van der Waals surface area (Å²) in [6.45, 7) is 0.822. The van der Waals surface area contributed by atoms with Gasteiger partial charge in [0.15, 0.2) is 0 Å². The predicted molar refractivity (Wildman–Crippen MR) is 111 cm³/mol. The fourth-order valence-corrected chi connectivity index (χ4v) is 3.93.